The van der Waals surface area contributed by atoms with Crippen LogP contribution in [0, 0.1) is 10.1 Å². The van der Waals surface area contributed by atoms with Crippen LogP contribution in [0.1, 0.15) is 23.2 Å². The van der Waals surface area contributed by atoms with Crippen molar-refractivity contribution in [3.05, 3.63) is 39.9 Å². The van der Waals surface area contributed by atoms with Crippen molar-refractivity contribution in [2.45, 2.75) is 25.2 Å². The number of hydrogen-bond acceptors (Lipinski definition) is 7. The first kappa shape index (κ1) is 13.7. The van der Waals surface area contributed by atoms with Gasteiger partial charge in [0.05, 0.1) is 23.2 Å². The Labute approximate surface area is 119 Å². The number of non-ortho nitro benzene ring substituents is 1. The Balaban J connectivity index is 1.69. The van der Waals surface area contributed by atoms with Gasteiger partial charge in [-0.3, -0.25) is 10.1 Å². The third kappa shape index (κ3) is 2.91. The highest BCUT2D eigenvalue weighted by Gasteiger charge is 2.35. The van der Waals surface area contributed by atoms with Gasteiger partial charge in [0, 0.05) is 12.1 Å². The smallest absolute Gasteiger partial charge is 0.344 e. The zero-order valence-corrected chi connectivity index (χ0v) is 10.9. The second kappa shape index (κ2) is 5.58. The Kier molecular flexibility index (Phi) is 3.63. The molecule has 0 radical (unpaired) electrons. The molecule has 2 heterocycles. The van der Waals surface area contributed by atoms with Crippen molar-refractivity contribution in [3.8, 4) is 0 Å². The Hall–Kier alpha value is -2.32. The molecule has 2 bridgehead atoms. The van der Waals surface area contributed by atoms with Gasteiger partial charge in [-0.25, -0.2) is 4.79 Å². The summed E-state index contributed by atoms with van der Waals surface area (Å²) in [6.45, 7) is 0.516. The predicted octanol–water partition coefficient (Wildman–Crippen LogP) is 1.64. The highest BCUT2D eigenvalue weighted by Crippen LogP contribution is 2.25. The van der Waals surface area contributed by atoms with E-state index in [2.05, 4.69) is 5.16 Å². The predicted molar refractivity (Wildman–Crippen MR) is 69.8 cm³/mol. The van der Waals surface area contributed by atoms with Crippen molar-refractivity contribution in [2.75, 3.05) is 6.61 Å². The molecule has 3 rings (SSSR count). The van der Waals surface area contributed by atoms with Crippen molar-refractivity contribution in [3.63, 3.8) is 0 Å². The summed E-state index contributed by atoms with van der Waals surface area (Å²) >= 11 is 0. The van der Waals surface area contributed by atoms with Gasteiger partial charge in [0.25, 0.3) is 5.69 Å². The molecule has 0 saturated carbocycles. The molecule has 2 aliphatic rings. The average molecular weight is 292 g/mol. The van der Waals surface area contributed by atoms with E-state index >= 15 is 0 Å². The molecule has 2 aliphatic heterocycles. The zero-order chi connectivity index (χ0) is 14.8. The van der Waals surface area contributed by atoms with Gasteiger partial charge in [0.1, 0.15) is 5.71 Å². The number of fused-ring (bicyclic) bond motifs is 2. The lowest BCUT2D eigenvalue weighted by Crippen LogP contribution is -2.28. The van der Waals surface area contributed by atoms with E-state index in [4.69, 9.17) is 14.3 Å². The molecule has 2 saturated heterocycles. The van der Waals surface area contributed by atoms with Crippen molar-refractivity contribution >= 4 is 17.4 Å². The van der Waals surface area contributed by atoms with Crippen LogP contribution in [0.4, 0.5) is 5.69 Å². The van der Waals surface area contributed by atoms with Gasteiger partial charge in [-0.2, -0.15) is 0 Å². The minimum absolute atomic E-state index is 0.0653. The van der Waals surface area contributed by atoms with Crippen molar-refractivity contribution in [1.29, 1.82) is 0 Å². The number of benzene rings is 1. The fraction of sp³-hybridized carbons (Fsp3) is 0.385. The standard InChI is InChI=1S/C13H12N2O6/c16-12(8-2-1-3-9(6-8)15(17)18)21-14-11-5-4-10-7-19-13(11)20-10/h1-3,6,10,13H,4-5,7H2/b14-11+/t10-,13+/m0/s1. The second-order valence-electron chi connectivity index (χ2n) is 4.73. The SMILES string of the molecule is O=C(O/N=C1\CC[C@H]2CO[C@@H]1O2)c1cccc([N+](=O)[O-])c1. The Morgan fingerprint density at radius 3 is 3.14 bits per heavy atom. The zero-order valence-electron chi connectivity index (χ0n) is 10.9. The molecule has 1 aromatic carbocycles. The molecule has 2 atom stereocenters. The molecule has 21 heavy (non-hydrogen) atoms. The Morgan fingerprint density at radius 1 is 1.48 bits per heavy atom. The maximum atomic E-state index is 11.8. The van der Waals surface area contributed by atoms with E-state index in [9.17, 15) is 14.9 Å². The van der Waals surface area contributed by atoms with Gasteiger partial charge in [0.2, 0.25) is 6.29 Å². The summed E-state index contributed by atoms with van der Waals surface area (Å²) in [7, 11) is 0. The minimum Gasteiger partial charge on any atom is -0.344 e. The first-order valence-corrected chi connectivity index (χ1v) is 6.43. The van der Waals surface area contributed by atoms with Crippen molar-refractivity contribution in [2.24, 2.45) is 5.16 Å². The molecule has 1 aromatic rings. The van der Waals surface area contributed by atoms with E-state index in [0.29, 0.717) is 18.7 Å². The van der Waals surface area contributed by atoms with Crippen molar-refractivity contribution < 1.29 is 24.0 Å². The van der Waals surface area contributed by atoms with Gasteiger partial charge in [-0.1, -0.05) is 11.2 Å². The van der Waals surface area contributed by atoms with Gasteiger partial charge in [-0.15, -0.1) is 0 Å². The third-order valence-electron chi connectivity index (χ3n) is 3.28. The molecule has 2 fully saturated rings. The largest absolute Gasteiger partial charge is 0.365 e. The van der Waals surface area contributed by atoms with Crippen LogP contribution in [-0.4, -0.2) is 35.6 Å². The first-order chi connectivity index (χ1) is 10.1. The monoisotopic (exact) mass is 292 g/mol. The van der Waals surface area contributed by atoms with E-state index in [-0.39, 0.29) is 17.4 Å². The van der Waals surface area contributed by atoms with E-state index in [1.54, 1.807) is 0 Å². The molecule has 8 nitrogen and oxygen atoms in total. The summed E-state index contributed by atoms with van der Waals surface area (Å²) in [6, 6.07) is 5.28. The number of nitrogens with zero attached hydrogens (tertiary/aromatic N) is 2. The van der Waals surface area contributed by atoms with E-state index in [1.165, 1.54) is 18.2 Å². The topological polar surface area (TPSA) is 100 Å². The molecule has 0 unspecified atom stereocenters. The summed E-state index contributed by atoms with van der Waals surface area (Å²) in [5, 5.41) is 14.4. The maximum Gasteiger partial charge on any atom is 0.365 e. The summed E-state index contributed by atoms with van der Waals surface area (Å²) < 4.78 is 10.8. The quantitative estimate of drug-likeness (QED) is 0.477. The van der Waals surface area contributed by atoms with Crippen LogP contribution in [0.15, 0.2) is 29.4 Å². The molecule has 0 N–H and O–H groups in total. The number of hydrogen-bond donors (Lipinski definition) is 0. The van der Waals surface area contributed by atoms with Gasteiger partial charge < -0.3 is 14.3 Å². The Morgan fingerprint density at radius 2 is 2.33 bits per heavy atom. The molecule has 0 spiro atoms. The summed E-state index contributed by atoms with van der Waals surface area (Å²) in [6.07, 6.45) is 0.935. The maximum absolute atomic E-state index is 11.8. The number of ether oxygens (including phenoxy) is 2. The molecule has 0 aromatic heterocycles. The fourth-order valence-electron chi connectivity index (χ4n) is 2.19. The van der Waals surface area contributed by atoms with Crippen LogP contribution in [-0.2, 0) is 14.3 Å². The molecule has 0 amide bonds. The number of oxime groups is 1. The first-order valence-electron chi connectivity index (χ1n) is 6.43. The summed E-state index contributed by atoms with van der Waals surface area (Å²) in [5.41, 5.74) is 0.401. The lowest BCUT2D eigenvalue weighted by atomic mass is 10.1. The second-order valence-corrected chi connectivity index (χ2v) is 4.73. The Bertz CT molecular complexity index is 614. The number of carbonyl (C=O) groups is 1. The molecular formula is C13H12N2O6. The number of rotatable bonds is 3. The van der Waals surface area contributed by atoms with E-state index in [1.807, 2.05) is 0 Å². The van der Waals surface area contributed by atoms with Gasteiger partial charge in [0.15, 0.2) is 0 Å². The van der Waals surface area contributed by atoms with Crippen LogP contribution in [0.25, 0.3) is 0 Å². The van der Waals surface area contributed by atoms with E-state index in [0.717, 1.165) is 12.5 Å². The average Bonchev–Trinajstić information content (AvgIpc) is 2.88. The normalized spacial score (nSPS) is 25.8. The third-order valence-corrected chi connectivity index (χ3v) is 3.28. The fourth-order valence-corrected chi connectivity index (χ4v) is 2.19. The lowest BCUT2D eigenvalue weighted by molar-refractivity contribution is -0.384. The molecule has 0 aliphatic carbocycles. The highest BCUT2D eigenvalue weighted by atomic mass is 16.7. The van der Waals surface area contributed by atoms with Crippen LogP contribution >= 0.6 is 0 Å². The molecular weight excluding hydrogens is 280 g/mol. The van der Waals surface area contributed by atoms with E-state index < -0.39 is 17.2 Å². The van der Waals surface area contributed by atoms with Gasteiger partial charge >= 0.3 is 5.97 Å². The van der Waals surface area contributed by atoms with Gasteiger partial charge in [-0.05, 0) is 18.9 Å². The number of carbonyl (C=O) groups excluding carboxylic acids is 1. The van der Waals surface area contributed by atoms with Crippen LogP contribution < -0.4 is 0 Å². The molecule has 8 heteroatoms. The lowest BCUT2D eigenvalue weighted by Gasteiger charge is -2.18. The van der Waals surface area contributed by atoms with Crippen LogP contribution in [0.5, 0.6) is 0 Å². The van der Waals surface area contributed by atoms with Crippen LogP contribution in [0.3, 0.4) is 0 Å². The minimum atomic E-state index is -0.758. The summed E-state index contributed by atoms with van der Waals surface area (Å²) in [4.78, 5) is 26.7. The molecule has 110 valence electrons. The van der Waals surface area contributed by atoms with Crippen LogP contribution in [0.2, 0.25) is 0 Å². The summed E-state index contributed by atoms with van der Waals surface area (Å²) in [5.74, 6) is -0.758. The number of nitro groups is 1. The number of nitro benzene ring substituents is 1. The highest BCUT2D eigenvalue weighted by molar-refractivity contribution is 5.92. The van der Waals surface area contributed by atoms with Crippen molar-refractivity contribution in [1.82, 2.24) is 0 Å².